The molecule has 0 aliphatic carbocycles. The summed E-state index contributed by atoms with van der Waals surface area (Å²) in [5.74, 6) is 2.59. The Bertz CT molecular complexity index is 720. The van der Waals surface area contributed by atoms with Gasteiger partial charge in [0.1, 0.15) is 11.6 Å². The van der Waals surface area contributed by atoms with Gasteiger partial charge in [0.05, 0.1) is 12.3 Å². The van der Waals surface area contributed by atoms with Gasteiger partial charge in [-0.1, -0.05) is 32.0 Å². The number of fused-ring (bicyclic) bond motifs is 1. The molecule has 0 amide bonds. The van der Waals surface area contributed by atoms with E-state index in [2.05, 4.69) is 56.4 Å². The lowest BCUT2D eigenvalue weighted by Gasteiger charge is -2.21. The number of anilines is 1. The van der Waals surface area contributed by atoms with Gasteiger partial charge in [-0.25, -0.2) is 0 Å². The second-order valence-corrected chi connectivity index (χ2v) is 7.32. The average Bonchev–Trinajstić information content (AvgIpc) is 2.78. The Hall–Kier alpha value is -2.01. The Balaban J connectivity index is 1.87. The molecule has 25 heavy (non-hydrogen) atoms. The monoisotopic (exact) mass is 342 g/mol. The van der Waals surface area contributed by atoms with Crippen LogP contribution in [0.5, 0.6) is 5.75 Å². The maximum atomic E-state index is 5.89. The molecule has 0 saturated carbocycles. The van der Waals surface area contributed by atoms with Gasteiger partial charge in [-0.2, -0.15) is 5.10 Å². The number of aryl methyl sites for hydroxylation is 1. The molecule has 136 valence electrons. The summed E-state index contributed by atoms with van der Waals surface area (Å²) in [5.41, 5.74) is 3.74. The fourth-order valence-corrected chi connectivity index (χ4v) is 3.73. The van der Waals surface area contributed by atoms with Gasteiger partial charge in [-0.15, -0.1) is 0 Å². The molecule has 1 aromatic carbocycles. The van der Waals surface area contributed by atoms with E-state index in [0.717, 1.165) is 31.7 Å². The molecule has 0 fully saturated rings. The van der Waals surface area contributed by atoms with Crippen molar-refractivity contribution in [1.82, 2.24) is 15.1 Å². The molecule has 1 atom stereocenters. The normalized spacial score (nSPS) is 17.1. The molecule has 1 aliphatic rings. The van der Waals surface area contributed by atoms with E-state index in [9.17, 15) is 0 Å². The molecule has 1 aliphatic heterocycles. The number of nitrogens with one attached hydrogen (secondary N) is 1. The van der Waals surface area contributed by atoms with Crippen LogP contribution in [0.15, 0.2) is 24.3 Å². The maximum Gasteiger partial charge on any atom is 0.130 e. The van der Waals surface area contributed by atoms with Crippen LogP contribution in [0, 0.1) is 0 Å². The lowest BCUT2D eigenvalue weighted by Crippen LogP contribution is -2.23. The van der Waals surface area contributed by atoms with Gasteiger partial charge in [-0.3, -0.25) is 4.68 Å². The zero-order valence-electron chi connectivity index (χ0n) is 16.0. The summed E-state index contributed by atoms with van der Waals surface area (Å²) >= 11 is 0. The van der Waals surface area contributed by atoms with E-state index >= 15 is 0 Å². The van der Waals surface area contributed by atoms with Crippen LogP contribution in [0.2, 0.25) is 0 Å². The molecule has 5 heteroatoms. The van der Waals surface area contributed by atoms with Crippen molar-refractivity contribution in [3.05, 3.63) is 41.1 Å². The van der Waals surface area contributed by atoms with Gasteiger partial charge in [0.2, 0.25) is 0 Å². The van der Waals surface area contributed by atoms with Crippen molar-refractivity contribution in [2.75, 3.05) is 25.6 Å². The van der Waals surface area contributed by atoms with Crippen LogP contribution >= 0.6 is 0 Å². The van der Waals surface area contributed by atoms with Crippen LogP contribution < -0.4 is 15.0 Å². The van der Waals surface area contributed by atoms with E-state index in [1.54, 1.807) is 0 Å². The quantitative estimate of drug-likeness (QED) is 0.901. The fraction of sp³-hybridized carbons (Fsp3) is 0.550. The molecule has 3 rings (SSSR count). The third kappa shape index (κ3) is 3.66. The first-order chi connectivity index (χ1) is 12.0. The van der Waals surface area contributed by atoms with Crippen LogP contribution in [-0.4, -0.2) is 30.5 Å². The van der Waals surface area contributed by atoms with Crippen molar-refractivity contribution in [3.8, 4) is 5.75 Å². The van der Waals surface area contributed by atoms with Crippen molar-refractivity contribution in [3.63, 3.8) is 0 Å². The summed E-state index contributed by atoms with van der Waals surface area (Å²) in [6.07, 6.45) is 2.16. The highest BCUT2D eigenvalue weighted by atomic mass is 16.5. The largest absolute Gasteiger partial charge is 0.493 e. The van der Waals surface area contributed by atoms with Crippen LogP contribution in [0.1, 0.15) is 55.5 Å². The van der Waals surface area contributed by atoms with Gasteiger partial charge in [-0.05, 0) is 24.8 Å². The van der Waals surface area contributed by atoms with Crippen molar-refractivity contribution in [2.45, 2.75) is 45.2 Å². The number of hydrogen-bond donors (Lipinski definition) is 1. The Morgan fingerprint density at radius 1 is 1.32 bits per heavy atom. The molecule has 0 saturated heterocycles. The molecular weight excluding hydrogens is 312 g/mol. The van der Waals surface area contributed by atoms with Crippen molar-refractivity contribution in [1.29, 1.82) is 0 Å². The molecule has 2 heterocycles. The first kappa shape index (κ1) is 17.8. The van der Waals surface area contributed by atoms with Crippen LogP contribution in [0.25, 0.3) is 0 Å². The molecule has 0 spiro atoms. The smallest absolute Gasteiger partial charge is 0.130 e. The predicted molar refractivity (Wildman–Crippen MR) is 102 cm³/mol. The highest BCUT2D eigenvalue weighted by Crippen LogP contribution is 2.33. The van der Waals surface area contributed by atoms with Crippen LogP contribution in [0.4, 0.5) is 5.82 Å². The minimum atomic E-state index is 0.314. The number of rotatable bonds is 5. The number of hydrogen-bond acceptors (Lipinski definition) is 4. The number of aromatic nitrogens is 2. The number of ether oxygens (including phenoxy) is 1. The van der Waals surface area contributed by atoms with E-state index in [4.69, 9.17) is 9.84 Å². The molecule has 1 N–H and O–H groups in total. The van der Waals surface area contributed by atoms with E-state index in [1.807, 2.05) is 17.8 Å². The molecule has 0 unspecified atom stereocenters. The molecular formula is C20H30N4O. The fourth-order valence-electron chi connectivity index (χ4n) is 3.73. The zero-order chi connectivity index (χ0) is 18.0. The standard InChI is InChI=1S/C20H30N4O/c1-14(2)19-16(20(23(3)4)24(5)22-19)13-21-17-10-8-12-25-18-11-7-6-9-15(17)18/h6-7,9,11,14,17,21H,8,10,12-13H2,1-5H3/t17-/m0/s1. The van der Waals surface area contributed by atoms with E-state index in [-0.39, 0.29) is 0 Å². The first-order valence-electron chi connectivity index (χ1n) is 9.17. The topological polar surface area (TPSA) is 42.3 Å². The molecule has 0 radical (unpaired) electrons. The summed E-state index contributed by atoms with van der Waals surface area (Å²) in [7, 11) is 6.19. The zero-order valence-corrected chi connectivity index (χ0v) is 16.0. The first-order valence-corrected chi connectivity index (χ1v) is 9.17. The highest BCUT2D eigenvalue weighted by molar-refractivity contribution is 5.50. The Kier molecular flexibility index (Phi) is 5.33. The van der Waals surface area contributed by atoms with E-state index < -0.39 is 0 Å². The summed E-state index contributed by atoms with van der Waals surface area (Å²) in [6, 6.07) is 8.71. The van der Waals surface area contributed by atoms with Crippen LogP contribution in [-0.2, 0) is 13.6 Å². The summed E-state index contributed by atoms with van der Waals surface area (Å²) in [4.78, 5) is 2.15. The molecule has 1 aromatic heterocycles. The SMILES string of the molecule is CC(C)c1nn(C)c(N(C)C)c1CN[C@H]1CCCOc2ccccc21. The third-order valence-corrected chi connectivity index (χ3v) is 4.83. The molecule has 0 bridgehead atoms. The second-order valence-electron chi connectivity index (χ2n) is 7.32. The summed E-state index contributed by atoms with van der Waals surface area (Å²) < 4.78 is 7.89. The number of nitrogens with zero attached hydrogens (tertiary/aromatic N) is 3. The summed E-state index contributed by atoms with van der Waals surface area (Å²) in [5, 5.41) is 8.55. The van der Waals surface area contributed by atoms with Gasteiger partial charge in [0.15, 0.2) is 0 Å². The third-order valence-electron chi connectivity index (χ3n) is 4.83. The summed E-state index contributed by atoms with van der Waals surface area (Å²) in [6.45, 7) is 6.02. The van der Waals surface area contributed by atoms with E-state index in [1.165, 1.54) is 22.6 Å². The predicted octanol–water partition coefficient (Wildman–Crippen LogP) is 3.61. The molecule has 2 aromatic rings. The van der Waals surface area contributed by atoms with Gasteiger partial charge < -0.3 is 15.0 Å². The van der Waals surface area contributed by atoms with Crippen molar-refractivity contribution in [2.24, 2.45) is 7.05 Å². The van der Waals surface area contributed by atoms with Gasteiger partial charge in [0.25, 0.3) is 0 Å². The Morgan fingerprint density at radius 3 is 2.80 bits per heavy atom. The lowest BCUT2D eigenvalue weighted by molar-refractivity contribution is 0.315. The minimum absolute atomic E-state index is 0.314. The lowest BCUT2D eigenvalue weighted by atomic mass is 10.0. The highest BCUT2D eigenvalue weighted by Gasteiger charge is 2.23. The van der Waals surface area contributed by atoms with E-state index in [0.29, 0.717) is 12.0 Å². The maximum absolute atomic E-state index is 5.89. The molecule has 5 nitrogen and oxygen atoms in total. The second kappa shape index (κ2) is 7.48. The van der Waals surface area contributed by atoms with Crippen molar-refractivity contribution < 1.29 is 4.74 Å². The number of benzene rings is 1. The Labute approximate surface area is 151 Å². The van der Waals surface area contributed by atoms with Gasteiger partial charge in [0, 0.05) is 44.9 Å². The van der Waals surface area contributed by atoms with Crippen molar-refractivity contribution >= 4 is 5.82 Å². The number of para-hydroxylation sites is 1. The minimum Gasteiger partial charge on any atom is -0.493 e. The average molecular weight is 342 g/mol. The van der Waals surface area contributed by atoms with Crippen LogP contribution in [0.3, 0.4) is 0 Å². The Morgan fingerprint density at radius 2 is 2.08 bits per heavy atom. The van der Waals surface area contributed by atoms with Gasteiger partial charge >= 0.3 is 0 Å².